The van der Waals surface area contributed by atoms with Crippen LogP contribution < -0.4 is 0 Å². The highest BCUT2D eigenvalue weighted by Crippen LogP contribution is 2.54. The first-order chi connectivity index (χ1) is 30.2. The Morgan fingerprint density at radius 1 is 0.290 bits per heavy atom. The second kappa shape index (κ2) is 13.5. The van der Waals surface area contributed by atoms with Gasteiger partial charge in [0.05, 0.1) is 11.4 Å². The molecule has 0 aliphatic heterocycles. The number of nitrogens with zero attached hydrogens (tertiary/aromatic N) is 2. The monoisotopic (exact) mass is 792 g/mol. The number of benzene rings is 9. The summed E-state index contributed by atoms with van der Waals surface area (Å²) in [7, 11) is 0. The van der Waals surface area contributed by atoms with Crippen LogP contribution in [0.15, 0.2) is 194 Å². The van der Waals surface area contributed by atoms with Crippen molar-refractivity contribution in [1.82, 2.24) is 9.97 Å². The van der Waals surface area contributed by atoms with Crippen molar-refractivity contribution in [3.63, 3.8) is 0 Å². The molecule has 12 rings (SSSR count). The van der Waals surface area contributed by atoms with Gasteiger partial charge in [-0.05, 0) is 125 Å². The summed E-state index contributed by atoms with van der Waals surface area (Å²) in [5.74, 6) is 0.720. The molecule has 62 heavy (non-hydrogen) atoms. The fraction of sp³-hybridized carbons (Fsp3) is 0.100. The van der Waals surface area contributed by atoms with Gasteiger partial charge in [-0.2, -0.15) is 0 Å². The van der Waals surface area contributed by atoms with Crippen LogP contribution in [0.4, 0.5) is 0 Å². The Kier molecular flexibility index (Phi) is 7.96. The fourth-order valence-corrected chi connectivity index (χ4v) is 10.6. The van der Waals surface area contributed by atoms with Crippen LogP contribution in [0.25, 0.3) is 100.0 Å². The SMILES string of the molecule is CC1(C)c2ccccc2-c2ccc(-c3ccccc3-c3ccc4cc(-c5cc(-c6cccc7c6-c6cc8ccccc8cc6C7(C)C)nc(-c6ccccc6)n5)ccc4c3)cc21. The summed E-state index contributed by atoms with van der Waals surface area (Å²) >= 11 is 0. The van der Waals surface area contributed by atoms with E-state index in [0.29, 0.717) is 0 Å². The Bertz CT molecular complexity index is 3460. The molecule has 294 valence electrons. The second-order valence-corrected chi connectivity index (χ2v) is 18.2. The molecule has 0 N–H and O–H groups in total. The number of aromatic nitrogens is 2. The van der Waals surface area contributed by atoms with Gasteiger partial charge < -0.3 is 0 Å². The maximum Gasteiger partial charge on any atom is 0.160 e. The van der Waals surface area contributed by atoms with Crippen molar-refractivity contribution in [2.75, 3.05) is 0 Å². The average Bonchev–Trinajstić information content (AvgIpc) is 3.69. The van der Waals surface area contributed by atoms with Crippen molar-refractivity contribution in [1.29, 1.82) is 0 Å². The van der Waals surface area contributed by atoms with E-state index in [4.69, 9.17) is 9.97 Å². The van der Waals surface area contributed by atoms with Gasteiger partial charge in [0.1, 0.15) is 0 Å². The molecular weight excluding hydrogens is 749 g/mol. The molecule has 0 fully saturated rings. The van der Waals surface area contributed by atoms with Crippen LogP contribution in [0.1, 0.15) is 49.9 Å². The van der Waals surface area contributed by atoms with Gasteiger partial charge >= 0.3 is 0 Å². The van der Waals surface area contributed by atoms with E-state index in [-0.39, 0.29) is 10.8 Å². The summed E-state index contributed by atoms with van der Waals surface area (Å²) in [5.41, 5.74) is 20.5. The van der Waals surface area contributed by atoms with E-state index < -0.39 is 0 Å². The summed E-state index contributed by atoms with van der Waals surface area (Å²) in [4.78, 5) is 10.6. The van der Waals surface area contributed by atoms with Gasteiger partial charge in [0, 0.05) is 27.5 Å². The minimum Gasteiger partial charge on any atom is -0.228 e. The minimum absolute atomic E-state index is 0.0529. The van der Waals surface area contributed by atoms with E-state index in [2.05, 4.69) is 216 Å². The lowest BCUT2D eigenvalue weighted by molar-refractivity contribution is 0.660. The predicted molar refractivity (Wildman–Crippen MR) is 259 cm³/mol. The van der Waals surface area contributed by atoms with E-state index >= 15 is 0 Å². The molecule has 2 nitrogen and oxygen atoms in total. The predicted octanol–water partition coefficient (Wildman–Crippen LogP) is 15.7. The van der Waals surface area contributed by atoms with Gasteiger partial charge in [-0.15, -0.1) is 0 Å². The number of fused-ring (bicyclic) bond motifs is 8. The van der Waals surface area contributed by atoms with E-state index in [0.717, 1.165) is 33.9 Å². The maximum absolute atomic E-state index is 5.33. The Hall–Kier alpha value is -7.42. The summed E-state index contributed by atoms with van der Waals surface area (Å²) in [6.07, 6.45) is 0. The largest absolute Gasteiger partial charge is 0.228 e. The fourth-order valence-electron chi connectivity index (χ4n) is 10.6. The van der Waals surface area contributed by atoms with Gasteiger partial charge in [0.15, 0.2) is 5.82 Å². The van der Waals surface area contributed by atoms with Gasteiger partial charge in [-0.25, -0.2) is 9.97 Å². The molecular formula is C60H44N2. The highest BCUT2D eigenvalue weighted by atomic mass is 14.9. The Morgan fingerprint density at radius 2 is 0.806 bits per heavy atom. The molecule has 1 heterocycles. The third-order valence-electron chi connectivity index (χ3n) is 13.9. The zero-order chi connectivity index (χ0) is 41.7. The average molecular weight is 793 g/mol. The molecule has 2 aliphatic rings. The normalized spacial score (nSPS) is 14.1. The molecule has 0 radical (unpaired) electrons. The summed E-state index contributed by atoms with van der Waals surface area (Å²) in [6.45, 7) is 9.40. The highest BCUT2D eigenvalue weighted by Gasteiger charge is 2.38. The highest BCUT2D eigenvalue weighted by molar-refractivity contribution is 5.99. The van der Waals surface area contributed by atoms with Crippen LogP contribution in [-0.2, 0) is 10.8 Å². The van der Waals surface area contributed by atoms with Crippen LogP contribution in [0.5, 0.6) is 0 Å². The van der Waals surface area contributed by atoms with E-state index in [1.165, 1.54) is 88.3 Å². The van der Waals surface area contributed by atoms with Gasteiger partial charge in [-0.3, -0.25) is 0 Å². The molecule has 0 saturated heterocycles. The van der Waals surface area contributed by atoms with Crippen molar-refractivity contribution < 1.29 is 0 Å². The Balaban J connectivity index is 0.954. The van der Waals surface area contributed by atoms with Crippen molar-refractivity contribution >= 4 is 21.5 Å². The molecule has 2 heteroatoms. The minimum atomic E-state index is -0.148. The third-order valence-corrected chi connectivity index (χ3v) is 13.9. The van der Waals surface area contributed by atoms with Crippen molar-refractivity contribution in [2.45, 2.75) is 38.5 Å². The molecule has 0 amide bonds. The molecule has 9 aromatic carbocycles. The molecule has 0 atom stereocenters. The van der Waals surface area contributed by atoms with Crippen molar-refractivity contribution in [2.24, 2.45) is 0 Å². The standard InChI is InChI=1S/C60H44N2/c1-59(2)51-23-13-12-21-47(51)48-30-29-43(35-53(48)59)46-20-11-10-19-45(46)42-27-25-41-32-44(28-26-40(41)31-42)55-36-56(62-58(61-55)37-15-6-5-7-16-37)49-22-14-24-52-57(49)50-33-38-17-8-9-18-39(38)34-54(50)60(52,3)4/h5-36H,1-4H3. The third kappa shape index (κ3) is 5.56. The lowest BCUT2D eigenvalue weighted by Gasteiger charge is -2.22. The summed E-state index contributed by atoms with van der Waals surface area (Å²) in [6, 6.07) is 71.1. The van der Waals surface area contributed by atoms with E-state index in [9.17, 15) is 0 Å². The quantitative estimate of drug-likeness (QED) is 0.173. The molecule has 1 aromatic heterocycles. The molecule has 10 aromatic rings. The molecule has 0 saturated carbocycles. The molecule has 0 bridgehead atoms. The number of hydrogen-bond donors (Lipinski definition) is 0. The first-order valence-corrected chi connectivity index (χ1v) is 21.7. The first kappa shape index (κ1) is 36.4. The number of hydrogen-bond acceptors (Lipinski definition) is 2. The second-order valence-electron chi connectivity index (χ2n) is 18.2. The summed E-state index contributed by atoms with van der Waals surface area (Å²) in [5, 5.41) is 4.88. The Labute approximate surface area is 363 Å². The van der Waals surface area contributed by atoms with Gasteiger partial charge in [-0.1, -0.05) is 185 Å². The first-order valence-electron chi connectivity index (χ1n) is 21.7. The maximum atomic E-state index is 5.33. The lowest BCUT2D eigenvalue weighted by Crippen LogP contribution is -2.14. The zero-order valence-corrected chi connectivity index (χ0v) is 35.4. The summed E-state index contributed by atoms with van der Waals surface area (Å²) < 4.78 is 0. The Morgan fingerprint density at radius 3 is 1.58 bits per heavy atom. The molecule has 0 unspecified atom stereocenters. The zero-order valence-electron chi connectivity index (χ0n) is 35.4. The van der Waals surface area contributed by atoms with E-state index in [1.54, 1.807) is 0 Å². The van der Waals surface area contributed by atoms with Crippen LogP contribution in [-0.4, -0.2) is 9.97 Å². The van der Waals surface area contributed by atoms with Gasteiger partial charge in [0.25, 0.3) is 0 Å². The molecule has 0 spiro atoms. The smallest absolute Gasteiger partial charge is 0.160 e. The van der Waals surface area contributed by atoms with Crippen molar-refractivity contribution in [3.8, 4) is 78.4 Å². The van der Waals surface area contributed by atoms with Crippen LogP contribution in [0, 0.1) is 0 Å². The molecule has 2 aliphatic carbocycles. The topological polar surface area (TPSA) is 25.8 Å². The van der Waals surface area contributed by atoms with Gasteiger partial charge in [0.2, 0.25) is 0 Å². The van der Waals surface area contributed by atoms with Crippen LogP contribution in [0.3, 0.4) is 0 Å². The van der Waals surface area contributed by atoms with Crippen LogP contribution >= 0.6 is 0 Å². The van der Waals surface area contributed by atoms with E-state index in [1.807, 2.05) is 6.07 Å². The number of rotatable bonds is 5. The van der Waals surface area contributed by atoms with Crippen LogP contribution in [0.2, 0.25) is 0 Å². The lowest BCUT2D eigenvalue weighted by atomic mass is 9.81. The van der Waals surface area contributed by atoms with Crippen molar-refractivity contribution in [3.05, 3.63) is 216 Å².